The van der Waals surface area contributed by atoms with Gasteiger partial charge in [0, 0.05) is 48.5 Å². The molecule has 8 heteroatoms. The topological polar surface area (TPSA) is 79.3 Å². The van der Waals surface area contributed by atoms with E-state index in [1.54, 1.807) is 12.7 Å². The lowest BCUT2D eigenvalue weighted by molar-refractivity contribution is 0.126. The van der Waals surface area contributed by atoms with Crippen LogP contribution < -0.4 is 0 Å². The van der Waals surface area contributed by atoms with Crippen LogP contribution in [0.25, 0.3) is 16.6 Å². The van der Waals surface area contributed by atoms with Crippen LogP contribution in [0.3, 0.4) is 0 Å². The zero-order valence-electron chi connectivity index (χ0n) is 15.9. The van der Waals surface area contributed by atoms with Crippen LogP contribution in [0.15, 0.2) is 37.1 Å². The summed E-state index contributed by atoms with van der Waals surface area (Å²) in [6.07, 6.45) is 7.48. The third-order valence-corrected chi connectivity index (χ3v) is 6.23. The second kappa shape index (κ2) is 6.94. The molecule has 4 heterocycles. The molecule has 0 bridgehead atoms. The Hall–Kier alpha value is -2.87. The first-order valence-corrected chi connectivity index (χ1v) is 9.75. The zero-order chi connectivity index (χ0) is 19.1. The van der Waals surface area contributed by atoms with Crippen molar-refractivity contribution < 1.29 is 9.53 Å². The predicted molar refractivity (Wildman–Crippen MR) is 104 cm³/mol. The van der Waals surface area contributed by atoms with E-state index in [-0.39, 0.29) is 6.09 Å². The number of aromatic nitrogens is 4. The van der Waals surface area contributed by atoms with Crippen molar-refractivity contribution in [2.24, 2.45) is 5.92 Å². The average Bonchev–Trinajstić information content (AvgIpc) is 3.49. The van der Waals surface area contributed by atoms with Crippen LogP contribution in [0, 0.1) is 5.92 Å². The second-order valence-corrected chi connectivity index (χ2v) is 7.69. The van der Waals surface area contributed by atoms with Gasteiger partial charge in [-0.25, -0.2) is 4.79 Å². The quantitative estimate of drug-likeness (QED) is 0.750. The molecule has 2 saturated heterocycles. The fraction of sp³-hybridized carbons (Fsp3) is 0.450. The van der Waals surface area contributed by atoms with E-state index in [1.807, 2.05) is 9.47 Å². The van der Waals surface area contributed by atoms with Crippen molar-refractivity contribution >= 4 is 17.0 Å². The Bertz CT molecular complexity index is 982. The minimum absolute atomic E-state index is 0.201. The number of ether oxygens (including phenoxy) is 1. The number of amides is 1. The highest BCUT2D eigenvalue weighted by atomic mass is 16.5. The highest BCUT2D eigenvalue weighted by Gasteiger charge is 2.42. The Morgan fingerprint density at radius 2 is 2.14 bits per heavy atom. The van der Waals surface area contributed by atoms with E-state index < -0.39 is 0 Å². The number of nitrogens with one attached hydrogen (secondary N) is 1. The number of hydrogen-bond donors (Lipinski definition) is 1. The molecule has 0 saturated carbocycles. The van der Waals surface area contributed by atoms with Crippen molar-refractivity contribution in [2.75, 3.05) is 33.3 Å². The molecule has 3 aromatic rings. The monoisotopic (exact) mass is 380 g/mol. The van der Waals surface area contributed by atoms with Gasteiger partial charge in [0.1, 0.15) is 12.7 Å². The van der Waals surface area contributed by atoms with Gasteiger partial charge >= 0.3 is 6.09 Å². The summed E-state index contributed by atoms with van der Waals surface area (Å²) in [4.78, 5) is 19.6. The SMILES string of the molecule is COC(=O)N1C[C@@H]2CCN(CCc3c[nH]c4ccc(-n5cnnc5)cc34)[C@@H]2C1. The Morgan fingerprint density at radius 1 is 1.29 bits per heavy atom. The number of rotatable bonds is 4. The van der Waals surface area contributed by atoms with Gasteiger partial charge in [0.05, 0.1) is 7.11 Å². The molecule has 2 atom stereocenters. The Kier molecular flexibility index (Phi) is 4.27. The van der Waals surface area contributed by atoms with Crippen LogP contribution in [0.1, 0.15) is 12.0 Å². The van der Waals surface area contributed by atoms with Gasteiger partial charge in [-0.1, -0.05) is 0 Å². The van der Waals surface area contributed by atoms with Gasteiger partial charge < -0.3 is 14.6 Å². The van der Waals surface area contributed by atoms with Gasteiger partial charge in [0.25, 0.3) is 0 Å². The molecule has 1 aromatic carbocycles. The summed E-state index contributed by atoms with van der Waals surface area (Å²) in [7, 11) is 1.46. The highest BCUT2D eigenvalue weighted by Crippen LogP contribution is 2.32. The molecule has 2 aromatic heterocycles. The van der Waals surface area contributed by atoms with E-state index in [0.29, 0.717) is 12.0 Å². The van der Waals surface area contributed by atoms with Crippen LogP contribution in [0.4, 0.5) is 4.79 Å². The molecule has 5 rings (SSSR count). The summed E-state index contributed by atoms with van der Waals surface area (Å²) < 4.78 is 6.81. The number of H-pyrrole nitrogens is 1. The highest BCUT2D eigenvalue weighted by molar-refractivity contribution is 5.85. The fourth-order valence-corrected chi connectivity index (χ4v) is 4.74. The molecule has 0 unspecified atom stereocenters. The summed E-state index contributed by atoms with van der Waals surface area (Å²) in [5, 5.41) is 9.03. The van der Waals surface area contributed by atoms with Crippen molar-refractivity contribution in [1.82, 2.24) is 29.5 Å². The van der Waals surface area contributed by atoms with E-state index in [1.165, 1.54) is 18.1 Å². The number of hydrogen-bond acceptors (Lipinski definition) is 5. The van der Waals surface area contributed by atoms with Crippen LogP contribution in [0.5, 0.6) is 0 Å². The van der Waals surface area contributed by atoms with Gasteiger partial charge in [-0.05, 0) is 49.1 Å². The molecule has 146 valence electrons. The molecule has 0 aliphatic carbocycles. The molecule has 0 spiro atoms. The Balaban J connectivity index is 1.30. The lowest BCUT2D eigenvalue weighted by Gasteiger charge is -2.24. The molecule has 2 fully saturated rings. The van der Waals surface area contributed by atoms with Gasteiger partial charge in [-0.2, -0.15) is 0 Å². The number of carbonyl (C=O) groups is 1. The van der Waals surface area contributed by atoms with E-state index in [2.05, 4.69) is 44.5 Å². The van der Waals surface area contributed by atoms with Crippen molar-refractivity contribution in [2.45, 2.75) is 18.9 Å². The van der Waals surface area contributed by atoms with Crippen LogP contribution >= 0.6 is 0 Å². The number of fused-ring (bicyclic) bond motifs is 2. The summed E-state index contributed by atoms with van der Waals surface area (Å²) >= 11 is 0. The third-order valence-electron chi connectivity index (χ3n) is 6.23. The van der Waals surface area contributed by atoms with Gasteiger partial charge in [-0.15, -0.1) is 10.2 Å². The molecule has 0 radical (unpaired) electrons. The zero-order valence-corrected chi connectivity index (χ0v) is 15.9. The van der Waals surface area contributed by atoms with Gasteiger partial charge in [0.2, 0.25) is 0 Å². The first-order valence-electron chi connectivity index (χ1n) is 9.75. The summed E-state index contributed by atoms with van der Waals surface area (Å²) in [5.41, 5.74) is 3.52. The Labute approximate surface area is 163 Å². The fourth-order valence-electron chi connectivity index (χ4n) is 4.74. The predicted octanol–water partition coefficient (Wildman–Crippen LogP) is 2.06. The molecule has 8 nitrogen and oxygen atoms in total. The number of methoxy groups -OCH3 is 1. The third kappa shape index (κ3) is 2.93. The molecular weight excluding hydrogens is 356 g/mol. The van der Waals surface area contributed by atoms with Crippen LogP contribution in [-0.4, -0.2) is 75.0 Å². The van der Waals surface area contributed by atoms with Crippen molar-refractivity contribution in [3.63, 3.8) is 0 Å². The molecular formula is C20H24N6O2. The molecule has 2 aliphatic heterocycles. The largest absolute Gasteiger partial charge is 0.453 e. The standard InChI is InChI=1S/C20H24N6O2/c1-28-20(27)25-10-15-5-7-24(19(15)11-25)6-4-14-9-21-18-3-2-16(8-17(14)18)26-12-22-23-13-26/h2-3,8-9,12-13,15,19,21H,4-7,10-11H2,1H3/t15-,19+/m0/s1. The summed E-state index contributed by atoms with van der Waals surface area (Å²) in [6.45, 7) is 3.71. The number of aromatic amines is 1. The van der Waals surface area contributed by atoms with E-state index >= 15 is 0 Å². The first-order chi connectivity index (χ1) is 13.7. The molecule has 1 amide bonds. The van der Waals surface area contributed by atoms with Gasteiger partial charge in [-0.3, -0.25) is 9.47 Å². The lowest BCUT2D eigenvalue weighted by Crippen LogP contribution is -2.38. The second-order valence-electron chi connectivity index (χ2n) is 7.69. The molecule has 2 aliphatic rings. The van der Waals surface area contributed by atoms with Crippen molar-refractivity contribution in [3.05, 3.63) is 42.6 Å². The lowest BCUT2D eigenvalue weighted by atomic mass is 10.0. The maximum absolute atomic E-state index is 11.8. The average molecular weight is 380 g/mol. The van der Waals surface area contributed by atoms with Crippen LogP contribution in [-0.2, 0) is 11.2 Å². The summed E-state index contributed by atoms with van der Waals surface area (Å²) in [6, 6.07) is 6.81. The van der Waals surface area contributed by atoms with E-state index in [4.69, 9.17) is 4.74 Å². The minimum atomic E-state index is -0.201. The first kappa shape index (κ1) is 17.2. The maximum atomic E-state index is 11.8. The normalized spacial score (nSPS) is 22.1. The minimum Gasteiger partial charge on any atom is -0.453 e. The summed E-state index contributed by atoms with van der Waals surface area (Å²) in [5.74, 6) is 0.572. The molecule has 28 heavy (non-hydrogen) atoms. The number of benzene rings is 1. The van der Waals surface area contributed by atoms with Crippen LogP contribution in [0.2, 0.25) is 0 Å². The molecule has 1 N–H and O–H groups in total. The van der Waals surface area contributed by atoms with E-state index in [0.717, 1.165) is 50.2 Å². The number of carbonyl (C=O) groups excluding carboxylic acids is 1. The maximum Gasteiger partial charge on any atom is 0.409 e. The number of nitrogens with zero attached hydrogens (tertiary/aromatic N) is 5. The number of likely N-dealkylation sites (tertiary alicyclic amines) is 2. The van der Waals surface area contributed by atoms with Crippen molar-refractivity contribution in [3.8, 4) is 5.69 Å². The van der Waals surface area contributed by atoms with Crippen molar-refractivity contribution in [1.29, 1.82) is 0 Å². The smallest absolute Gasteiger partial charge is 0.409 e. The van der Waals surface area contributed by atoms with Gasteiger partial charge in [0.15, 0.2) is 0 Å². The van der Waals surface area contributed by atoms with E-state index in [9.17, 15) is 4.79 Å². The Morgan fingerprint density at radius 3 is 2.96 bits per heavy atom.